The number of esters is 1. The van der Waals surface area contributed by atoms with Gasteiger partial charge in [0.25, 0.3) is 0 Å². The van der Waals surface area contributed by atoms with E-state index in [1.54, 1.807) is 19.1 Å². The largest absolute Gasteiger partial charge is 0.507 e. The summed E-state index contributed by atoms with van der Waals surface area (Å²) in [5.41, 5.74) is 0.859. The highest BCUT2D eigenvalue weighted by molar-refractivity contribution is 6.02. The normalized spacial score (nSPS) is 26.9. The summed E-state index contributed by atoms with van der Waals surface area (Å²) in [7, 11) is 0. The van der Waals surface area contributed by atoms with E-state index in [2.05, 4.69) is 0 Å². The van der Waals surface area contributed by atoms with Crippen LogP contribution in [0.1, 0.15) is 15.9 Å². The fourth-order valence-electron chi connectivity index (χ4n) is 2.47. The zero-order chi connectivity index (χ0) is 15.1. The Balaban J connectivity index is 1.82. The molecule has 0 radical (unpaired) electrons. The number of aromatic hydroxyl groups is 1. The molecule has 2 aliphatic rings. The molecule has 110 valence electrons. The Morgan fingerprint density at radius 1 is 1.43 bits per heavy atom. The lowest BCUT2D eigenvalue weighted by atomic mass is 9.96. The zero-order valence-electron chi connectivity index (χ0n) is 11.3. The summed E-state index contributed by atoms with van der Waals surface area (Å²) in [6, 6.07) is 4.72. The van der Waals surface area contributed by atoms with Crippen LogP contribution in [0.15, 0.2) is 29.8 Å². The lowest BCUT2D eigenvalue weighted by Crippen LogP contribution is -2.32. The maximum atomic E-state index is 12.2. The van der Waals surface area contributed by atoms with Crippen LogP contribution in [-0.4, -0.2) is 46.9 Å². The fourth-order valence-corrected chi connectivity index (χ4v) is 2.47. The molecule has 2 N–H and O–H groups in total. The van der Waals surface area contributed by atoms with Crippen LogP contribution in [0.2, 0.25) is 0 Å². The third kappa shape index (κ3) is 2.32. The Kier molecular flexibility index (Phi) is 3.27. The molecule has 1 aromatic carbocycles. The number of rotatable bonds is 3. The van der Waals surface area contributed by atoms with Gasteiger partial charge < -0.3 is 19.7 Å². The third-order valence-corrected chi connectivity index (χ3v) is 3.66. The van der Waals surface area contributed by atoms with Gasteiger partial charge in [0.2, 0.25) is 0 Å². The molecule has 1 aliphatic carbocycles. The van der Waals surface area contributed by atoms with E-state index >= 15 is 0 Å². The number of aliphatic hydroxyl groups is 1. The van der Waals surface area contributed by atoms with Gasteiger partial charge in [0.05, 0.1) is 6.61 Å². The first-order chi connectivity index (χ1) is 10.0. The Hall–Kier alpha value is -2.18. The van der Waals surface area contributed by atoms with E-state index in [4.69, 9.17) is 14.6 Å². The van der Waals surface area contributed by atoms with Crippen molar-refractivity contribution in [3.05, 3.63) is 41.0 Å². The number of hydrogen-bond acceptors (Lipinski definition) is 6. The molecule has 1 heterocycles. The monoisotopic (exact) mass is 290 g/mol. The molecule has 1 aromatic rings. The Labute approximate surface area is 120 Å². The van der Waals surface area contributed by atoms with Gasteiger partial charge in [-0.3, -0.25) is 4.79 Å². The predicted molar refractivity (Wildman–Crippen MR) is 70.9 cm³/mol. The maximum Gasteiger partial charge on any atom is 0.342 e. The summed E-state index contributed by atoms with van der Waals surface area (Å²) in [4.78, 5) is 23.9. The topological polar surface area (TPSA) is 96.4 Å². The number of phenolic OH excluding ortho intramolecular Hbond substituents is 1. The Morgan fingerprint density at radius 2 is 2.19 bits per heavy atom. The molecule has 0 unspecified atom stereocenters. The number of fused-ring (bicyclic) bond motifs is 1. The SMILES string of the molecule is Cc1cccc(O)c1C(=O)O[C@@H]1C=C(CO)C(=O)[C@@H]2O[C@H]12. The summed E-state index contributed by atoms with van der Waals surface area (Å²) in [5.74, 6) is -1.12. The molecule has 21 heavy (non-hydrogen) atoms. The minimum atomic E-state index is -0.735. The standard InChI is InChI=1S/C15H14O6/c1-7-3-2-4-9(17)11(7)15(19)20-10-5-8(6-16)12(18)14-13(10)21-14/h2-5,10,13-14,16-17H,6H2,1H3/t10-,13-,14+/m1/s1. The molecule has 0 amide bonds. The second kappa shape index (κ2) is 4.98. The van der Waals surface area contributed by atoms with Crippen molar-refractivity contribution in [1.82, 2.24) is 0 Å². The first-order valence-corrected chi connectivity index (χ1v) is 6.53. The number of benzene rings is 1. The molecule has 1 saturated heterocycles. The van der Waals surface area contributed by atoms with Crippen LogP contribution in [-0.2, 0) is 14.3 Å². The number of phenols is 1. The number of Topliss-reactive ketones (excluding diaryl/α,β-unsaturated/α-hetero) is 1. The van der Waals surface area contributed by atoms with Crippen molar-refractivity contribution in [2.45, 2.75) is 25.2 Å². The molecule has 3 atom stereocenters. The van der Waals surface area contributed by atoms with Gasteiger partial charge in [-0.15, -0.1) is 0 Å². The highest BCUT2D eigenvalue weighted by Gasteiger charge is 2.54. The molecule has 0 spiro atoms. The quantitative estimate of drug-likeness (QED) is 0.621. The number of hydrogen-bond donors (Lipinski definition) is 2. The van der Waals surface area contributed by atoms with Crippen LogP contribution >= 0.6 is 0 Å². The van der Waals surface area contributed by atoms with Gasteiger partial charge in [-0.1, -0.05) is 12.1 Å². The Morgan fingerprint density at radius 3 is 2.86 bits per heavy atom. The minimum Gasteiger partial charge on any atom is -0.507 e. The number of aryl methyl sites for hydroxylation is 1. The number of ketones is 1. The second-order valence-corrected chi connectivity index (χ2v) is 5.07. The molecule has 0 aromatic heterocycles. The smallest absolute Gasteiger partial charge is 0.342 e. The van der Waals surface area contributed by atoms with Crippen molar-refractivity contribution >= 4 is 11.8 Å². The summed E-state index contributed by atoms with van der Waals surface area (Å²) in [6.07, 6.45) is -0.464. The molecule has 1 fully saturated rings. The number of carbonyl (C=O) groups is 2. The van der Waals surface area contributed by atoms with Crippen LogP contribution in [0.25, 0.3) is 0 Å². The van der Waals surface area contributed by atoms with Crippen molar-refractivity contribution in [2.75, 3.05) is 6.61 Å². The van der Waals surface area contributed by atoms with Crippen LogP contribution in [0.5, 0.6) is 5.75 Å². The van der Waals surface area contributed by atoms with Crippen LogP contribution in [0.4, 0.5) is 0 Å². The van der Waals surface area contributed by atoms with Crippen molar-refractivity contribution in [3.8, 4) is 5.75 Å². The molecule has 6 nitrogen and oxygen atoms in total. The molecule has 3 rings (SSSR count). The lowest BCUT2D eigenvalue weighted by Gasteiger charge is -2.17. The minimum absolute atomic E-state index is 0.0885. The van der Waals surface area contributed by atoms with E-state index in [-0.39, 0.29) is 22.7 Å². The molecular weight excluding hydrogens is 276 g/mol. The van der Waals surface area contributed by atoms with Crippen LogP contribution < -0.4 is 0 Å². The first-order valence-electron chi connectivity index (χ1n) is 6.53. The fraction of sp³-hybridized carbons (Fsp3) is 0.333. The van der Waals surface area contributed by atoms with Gasteiger partial charge in [0.1, 0.15) is 17.4 Å². The number of ether oxygens (including phenoxy) is 2. The maximum absolute atomic E-state index is 12.2. The van der Waals surface area contributed by atoms with Gasteiger partial charge in [0, 0.05) is 5.57 Å². The highest BCUT2D eigenvalue weighted by Crippen LogP contribution is 2.36. The van der Waals surface area contributed by atoms with Crippen molar-refractivity contribution in [1.29, 1.82) is 0 Å². The highest BCUT2D eigenvalue weighted by atomic mass is 16.6. The summed E-state index contributed by atoms with van der Waals surface area (Å²) < 4.78 is 10.5. The average Bonchev–Trinajstić information content (AvgIpc) is 3.22. The van der Waals surface area contributed by atoms with E-state index in [0.717, 1.165) is 0 Å². The van der Waals surface area contributed by atoms with Gasteiger partial charge in [0.15, 0.2) is 18.0 Å². The van der Waals surface area contributed by atoms with E-state index in [9.17, 15) is 14.7 Å². The van der Waals surface area contributed by atoms with Gasteiger partial charge >= 0.3 is 5.97 Å². The summed E-state index contributed by atoms with van der Waals surface area (Å²) in [5, 5.41) is 18.9. The van der Waals surface area contributed by atoms with Crippen molar-refractivity contribution in [2.24, 2.45) is 0 Å². The van der Waals surface area contributed by atoms with Gasteiger partial charge in [-0.05, 0) is 24.6 Å². The summed E-state index contributed by atoms with van der Waals surface area (Å²) in [6.45, 7) is 1.27. The number of aliphatic hydroxyl groups excluding tert-OH is 1. The van der Waals surface area contributed by atoms with Crippen molar-refractivity contribution < 1.29 is 29.3 Å². The molecular formula is C15H14O6. The molecule has 0 saturated carbocycles. The number of carbonyl (C=O) groups excluding carboxylic acids is 2. The van der Waals surface area contributed by atoms with Crippen LogP contribution in [0.3, 0.4) is 0 Å². The lowest BCUT2D eigenvalue weighted by molar-refractivity contribution is -0.117. The predicted octanol–water partition coefficient (Wildman–Crippen LogP) is 0.495. The third-order valence-electron chi connectivity index (χ3n) is 3.66. The van der Waals surface area contributed by atoms with E-state index in [1.807, 2.05) is 0 Å². The van der Waals surface area contributed by atoms with E-state index < -0.39 is 30.9 Å². The second-order valence-electron chi connectivity index (χ2n) is 5.07. The first kappa shape index (κ1) is 13.8. The van der Waals surface area contributed by atoms with Crippen LogP contribution in [0, 0.1) is 6.92 Å². The molecule has 1 aliphatic heterocycles. The zero-order valence-corrected chi connectivity index (χ0v) is 11.3. The molecule has 0 bridgehead atoms. The summed E-state index contributed by atoms with van der Waals surface area (Å²) >= 11 is 0. The van der Waals surface area contributed by atoms with Gasteiger partial charge in [-0.25, -0.2) is 4.79 Å². The van der Waals surface area contributed by atoms with Crippen molar-refractivity contribution in [3.63, 3.8) is 0 Å². The average molecular weight is 290 g/mol. The van der Waals surface area contributed by atoms with Gasteiger partial charge in [-0.2, -0.15) is 0 Å². The van der Waals surface area contributed by atoms with E-state index in [0.29, 0.717) is 5.56 Å². The van der Waals surface area contributed by atoms with E-state index in [1.165, 1.54) is 12.1 Å². The number of epoxide rings is 1. The Bertz CT molecular complexity index is 627. The molecule has 6 heteroatoms.